The van der Waals surface area contributed by atoms with Crippen LogP contribution in [0.15, 0.2) is 96.1 Å². The van der Waals surface area contributed by atoms with Gasteiger partial charge < -0.3 is 26.6 Å². The minimum atomic E-state index is -3.57. The number of likely N-dealkylation sites (N-methyl/N-ethyl adjacent to an activating group) is 1. The third-order valence-corrected chi connectivity index (χ3v) is 8.60. The molecule has 5 amide bonds. The molecule has 0 saturated carbocycles. The van der Waals surface area contributed by atoms with Crippen LogP contribution in [0.25, 0.3) is 0 Å². The molecule has 0 radical (unpaired) electrons. The Bertz CT molecular complexity index is 1730. The van der Waals surface area contributed by atoms with Gasteiger partial charge in [-0.1, -0.05) is 104 Å². The van der Waals surface area contributed by atoms with Crippen molar-refractivity contribution in [2.24, 2.45) is 5.10 Å². The molecule has 0 aliphatic carbocycles. The number of hydrazone groups is 1. The highest BCUT2D eigenvalue weighted by Gasteiger charge is 2.30. The Balaban J connectivity index is 1.88. The first kappa shape index (κ1) is 40.0. The van der Waals surface area contributed by atoms with E-state index in [1.54, 1.807) is 37.3 Å². The number of rotatable bonds is 18. The van der Waals surface area contributed by atoms with E-state index in [2.05, 4.69) is 37.1 Å². The van der Waals surface area contributed by atoms with Crippen LogP contribution in [0.2, 0.25) is 0 Å². The van der Waals surface area contributed by atoms with Crippen LogP contribution in [0.4, 0.5) is 4.79 Å². The highest BCUT2D eigenvalue weighted by Crippen LogP contribution is 2.21. The molecule has 51 heavy (non-hydrogen) atoms. The number of nitrogens with zero attached hydrogens (tertiary/aromatic N) is 1. The summed E-state index contributed by atoms with van der Waals surface area (Å²) in [7, 11) is -2.14. The van der Waals surface area contributed by atoms with Gasteiger partial charge in [-0.25, -0.2) is 18.6 Å². The SMILES string of the molecule is CCCC(NC(=O)C(CS(C)(=O)=O)NC)/C(=N\NC(=O)NC(c1ccccc1)c1ccccc1)C(=O)NCC(=O)NC(C(C)=O)c1ccccc1. The number of nitrogens with one attached hydrogen (secondary N) is 6. The number of urea groups is 1. The largest absolute Gasteiger partial charge is 0.346 e. The number of benzene rings is 3. The van der Waals surface area contributed by atoms with Gasteiger partial charge in [-0.2, -0.15) is 5.10 Å². The summed E-state index contributed by atoms with van der Waals surface area (Å²) in [4.78, 5) is 65.4. The summed E-state index contributed by atoms with van der Waals surface area (Å²) in [6.45, 7) is 2.56. The Labute approximate surface area is 298 Å². The van der Waals surface area contributed by atoms with Crippen LogP contribution in [0.1, 0.15) is 55.5 Å². The van der Waals surface area contributed by atoms with Gasteiger partial charge in [-0.15, -0.1) is 0 Å². The van der Waals surface area contributed by atoms with Crippen LogP contribution in [0, 0.1) is 0 Å². The number of hydrogen-bond acceptors (Lipinski definition) is 9. The van der Waals surface area contributed by atoms with Crippen molar-refractivity contribution in [2.75, 3.05) is 25.6 Å². The lowest BCUT2D eigenvalue weighted by molar-refractivity contribution is -0.127. The van der Waals surface area contributed by atoms with E-state index in [0.29, 0.717) is 12.0 Å². The fourth-order valence-electron chi connectivity index (χ4n) is 5.17. The molecule has 0 aliphatic heterocycles. The highest BCUT2D eigenvalue weighted by molar-refractivity contribution is 7.90. The van der Waals surface area contributed by atoms with Gasteiger partial charge in [0.25, 0.3) is 5.91 Å². The summed E-state index contributed by atoms with van der Waals surface area (Å²) in [6, 6.07) is 22.5. The minimum Gasteiger partial charge on any atom is -0.346 e. The van der Waals surface area contributed by atoms with Gasteiger partial charge in [0.15, 0.2) is 5.78 Å². The zero-order valence-corrected chi connectivity index (χ0v) is 29.8. The number of carbonyl (C=O) groups excluding carboxylic acids is 5. The number of hydrogen-bond donors (Lipinski definition) is 6. The molecule has 3 rings (SSSR count). The molecule has 3 unspecified atom stereocenters. The Morgan fingerprint density at radius 1 is 0.745 bits per heavy atom. The summed E-state index contributed by atoms with van der Waals surface area (Å²) in [5, 5.41) is 17.4. The van der Waals surface area contributed by atoms with Crippen LogP contribution in [-0.2, 0) is 29.0 Å². The maximum Gasteiger partial charge on any atom is 0.335 e. The molecule has 0 spiro atoms. The number of ketones is 1. The number of Topliss-reactive ketones (excluding diaryl/α,β-unsaturated/α-hetero) is 1. The van der Waals surface area contributed by atoms with Crippen molar-refractivity contribution in [3.63, 3.8) is 0 Å². The van der Waals surface area contributed by atoms with Crippen LogP contribution in [0.3, 0.4) is 0 Å². The maximum atomic E-state index is 13.7. The number of sulfone groups is 1. The maximum absolute atomic E-state index is 13.7. The molecule has 0 fully saturated rings. The van der Waals surface area contributed by atoms with E-state index in [-0.39, 0.29) is 17.9 Å². The van der Waals surface area contributed by atoms with Crippen molar-refractivity contribution in [1.82, 2.24) is 32.0 Å². The molecule has 0 saturated heterocycles. The van der Waals surface area contributed by atoms with Gasteiger partial charge in [0.1, 0.15) is 27.6 Å². The normalized spacial score (nSPS) is 13.3. The average molecular weight is 720 g/mol. The molecular weight excluding hydrogens is 675 g/mol. The summed E-state index contributed by atoms with van der Waals surface area (Å²) in [5.41, 5.74) is 4.14. The van der Waals surface area contributed by atoms with Gasteiger partial charge in [-0.3, -0.25) is 19.2 Å². The van der Waals surface area contributed by atoms with Crippen LogP contribution in [-0.4, -0.2) is 81.4 Å². The van der Waals surface area contributed by atoms with Crippen LogP contribution < -0.4 is 32.0 Å². The van der Waals surface area contributed by atoms with E-state index >= 15 is 0 Å². The Morgan fingerprint density at radius 2 is 1.27 bits per heavy atom. The molecule has 0 aromatic heterocycles. The third kappa shape index (κ3) is 13.1. The van der Waals surface area contributed by atoms with E-state index in [1.165, 1.54) is 14.0 Å². The van der Waals surface area contributed by atoms with Gasteiger partial charge in [0.05, 0.1) is 24.4 Å². The molecule has 0 heterocycles. The van der Waals surface area contributed by atoms with Crippen molar-refractivity contribution >= 4 is 45.1 Å². The van der Waals surface area contributed by atoms with E-state index in [1.807, 2.05) is 60.7 Å². The van der Waals surface area contributed by atoms with Crippen LogP contribution >= 0.6 is 0 Å². The van der Waals surface area contributed by atoms with E-state index in [0.717, 1.165) is 17.4 Å². The Hall–Kier alpha value is -5.41. The smallest absolute Gasteiger partial charge is 0.335 e. The molecule has 6 N–H and O–H groups in total. The second-order valence-corrected chi connectivity index (χ2v) is 14.0. The van der Waals surface area contributed by atoms with E-state index in [9.17, 15) is 32.4 Å². The van der Waals surface area contributed by atoms with Crippen molar-refractivity contribution in [3.8, 4) is 0 Å². The fourth-order valence-corrected chi connectivity index (χ4v) is 6.09. The molecule has 272 valence electrons. The molecular formula is C36H45N7O7S. The molecule has 3 aromatic rings. The van der Waals surface area contributed by atoms with Gasteiger partial charge >= 0.3 is 6.03 Å². The van der Waals surface area contributed by atoms with Gasteiger partial charge in [-0.05, 0) is 37.1 Å². The second-order valence-electron chi connectivity index (χ2n) is 11.8. The van der Waals surface area contributed by atoms with Crippen molar-refractivity contribution < 1.29 is 32.4 Å². The quantitative estimate of drug-likeness (QED) is 0.0845. The Morgan fingerprint density at radius 3 is 1.75 bits per heavy atom. The first-order chi connectivity index (χ1) is 24.3. The van der Waals surface area contributed by atoms with Gasteiger partial charge in [0, 0.05) is 6.26 Å². The lowest BCUT2D eigenvalue weighted by Crippen LogP contribution is -2.55. The topological polar surface area (TPSA) is 204 Å². The predicted octanol–water partition coefficient (Wildman–Crippen LogP) is 1.91. The molecule has 14 nitrogen and oxygen atoms in total. The monoisotopic (exact) mass is 719 g/mol. The Kier molecular flexibility index (Phi) is 15.5. The summed E-state index contributed by atoms with van der Waals surface area (Å²) in [6.07, 6.45) is 1.61. The number of carbonyl (C=O) groups is 5. The van der Waals surface area contributed by atoms with Crippen molar-refractivity contribution in [2.45, 2.75) is 50.9 Å². The molecule has 15 heteroatoms. The molecule has 3 atom stereocenters. The summed E-state index contributed by atoms with van der Waals surface area (Å²) >= 11 is 0. The molecule has 0 bridgehead atoms. The summed E-state index contributed by atoms with van der Waals surface area (Å²) in [5.74, 6) is -3.11. The first-order valence-corrected chi connectivity index (χ1v) is 18.4. The van der Waals surface area contributed by atoms with Gasteiger partial charge in [0.2, 0.25) is 11.8 Å². The standard InChI is InChI=1S/C36H45N7O7S/c1-5-15-28(39-34(46)29(37-3)23-51(4,49)50)33(35(47)38-22-30(45)40-31(24(2)44)25-16-9-6-10-17-25)42-43-36(48)41-32(26-18-11-7-12-19-26)27-20-13-8-14-21-27/h6-14,16-21,28-29,31-32,37H,5,15,22-23H2,1-4H3,(H,38,47)(H,39,46)(H,40,45)(H2,41,43,48)/b42-33+. The van der Waals surface area contributed by atoms with E-state index < -0.39 is 70.1 Å². The third-order valence-electron chi connectivity index (χ3n) is 7.66. The second kappa shape index (κ2) is 19.7. The zero-order chi connectivity index (χ0) is 37.4. The zero-order valence-electron chi connectivity index (χ0n) is 29.0. The average Bonchev–Trinajstić information content (AvgIpc) is 3.11. The van der Waals surface area contributed by atoms with Crippen molar-refractivity contribution in [1.29, 1.82) is 0 Å². The molecule has 3 aromatic carbocycles. The highest BCUT2D eigenvalue weighted by atomic mass is 32.2. The predicted molar refractivity (Wildman–Crippen MR) is 194 cm³/mol. The van der Waals surface area contributed by atoms with E-state index in [4.69, 9.17) is 0 Å². The van der Waals surface area contributed by atoms with Crippen molar-refractivity contribution in [3.05, 3.63) is 108 Å². The summed E-state index contributed by atoms with van der Waals surface area (Å²) < 4.78 is 23.9. The number of amides is 5. The molecule has 0 aliphatic rings. The fraction of sp³-hybridized carbons (Fsp3) is 0.333. The lowest BCUT2D eigenvalue weighted by atomic mass is 9.99. The van der Waals surface area contributed by atoms with Crippen LogP contribution in [0.5, 0.6) is 0 Å². The lowest BCUT2D eigenvalue weighted by Gasteiger charge is -2.24. The first-order valence-electron chi connectivity index (χ1n) is 16.3. The minimum absolute atomic E-state index is 0.167.